The number of urea groups is 1. The lowest BCUT2D eigenvalue weighted by atomic mass is 10.0. The summed E-state index contributed by atoms with van der Waals surface area (Å²) in [7, 11) is 4.00. The maximum atomic E-state index is 13.2. The molecular weight excluding hydrogens is 354 g/mol. The fourth-order valence-electron chi connectivity index (χ4n) is 3.69. The molecular formula is C21H25N5O2. The zero-order chi connectivity index (χ0) is 19.7. The van der Waals surface area contributed by atoms with Crippen LogP contribution in [0.25, 0.3) is 0 Å². The van der Waals surface area contributed by atoms with Gasteiger partial charge in [-0.25, -0.2) is 4.79 Å². The Bertz CT molecular complexity index is 881. The molecule has 2 heterocycles. The zero-order valence-electron chi connectivity index (χ0n) is 16.2. The van der Waals surface area contributed by atoms with Crippen molar-refractivity contribution in [1.29, 1.82) is 0 Å². The molecule has 4 rings (SSSR count). The largest absolute Gasteiger partial charge is 0.378 e. The van der Waals surface area contributed by atoms with Gasteiger partial charge in [0.2, 0.25) is 0 Å². The van der Waals surface area contributed by atoms with Gasteiger partial charge < -0.3 is 25.3 Å². The number of para-hydroxylation sites is 1. The standard InChI is InChI=1S/C21H25N5O2/c1-24(2)16-9-7-15(8-10-16)19-23-18-6-4-3-5-17(18)20(27)26(19)14-13-25-12-11-22-21(25)28/h3-10,19,23H,11-14H2,1-2H3,(H,22,28)/t19-/m0/s1. The third-order valence-corrected chi connectivity index (χ3v) is 5.30. The Morgan fingerprint density at radius 1 is 1.04 bits per heavy atom. The molecule has 0 spiro atoms. The van der Waals surface area contributed by atoms with E-state index in [9.17, 15) is 9.59 Å². The number of benzene rings is 2. The molecule has 7 nitrogen and oxygen atoms in total. The summed E-state index contributed by atoms with van der Waals surface area (Å²) in [6.07, 6.45) is -0.274. The van der Waals surface area contributed by atoms with Crippen LogP contribution in [0, 0.1) is 0 Å². The van der Waals surface area contributed by atoms with E-state index in [-0.39, 0.29) is 18.1 Å². The Labute approximate surface area is 164 Å². The quantitative estimate of drug-likeness (QED) is 0.837. The van der Waals surface area contributed by atoms with E-state index in [0.29, 0.717) is 31.7 Å². The number of hydrogen-bond acceptors (Lipinski definition) is 4. The van der Waals surface area contributed by atoms with Crippen molar-refractivity contribution in [2.75, 3.05) is 50.5 Å². The van der Waals surface area contributed by atoms with Crippen molar-refractivity contribution in [1.82, 2.24) is 15.1 Å². The lowest BCUT2D eigenvalue weighted by Gasteiger charge is -2.39. The lowest BCUT2D eigenvalue weighted by Crippen LogP contribution is -2.46. The van der Waals surface area contributed by atoms with Crippen molar-refractivity contribution in [3.63, 3.8) is 0 Å². The van der Waals surface area contributed by atoms with Crippen molar-refractivity contribution >= 4 is 23.3 Å². The maximum absolute atomic E-state index is 13.2. The van der Waals surface area contributed by atoms with Crippen LogP contribution in [0.3, 0.4) is 0 Å². The van der Waals surface area contributed by atoms with E-state index >= 15 is 0 Å². The highest BCUT2D eigenvalue weighted by Gasteiger charge is 2.33. The van der Waals surface area contributed by atoms with Crippen LogP contribution in [0.2, 0.25) is 0 Å². The van der Waals surface area contributed by atoms with Crippen molar-refractivity contribution in [3.8, 4) is 0 Å². The molecule has 1 atom stereocenters. The first-order chi connectivity index (χ1) is 13.5. The molecule has 1 fully saturated rings. The van der Waals surface area contributed by atoms with Crippen LogP contribution in [-0.4, -0.2) is 62.0 Å². The van der Waals surface area contributed by atoms with Crippen LogP contribution in [-0.2, 0) is 0 Å². The first-order valence-corrected chi connectivity index (χ1v) is 9.51. The van der Waals surface area contributed by atoms with Gasteiger partial charge in [0, 0.05) is 51.6 Å². The van der Waals surface area contributed by atoms with Gasteiger partial charge in [0.25, 0.3) is 5.91 Å². The first-order valence-electron chi connectivity index (χ1n) is 9.51. The minimum Gasteiger partial charge on any atom is -0.378 e. The average molecular weight is 379 g/mol. The van der Waals surface area contributed by atoms with Crippen LogP contribution in [0.4, 0.5) is 16.2 Å². The Kier molecular flexibility index (Phi) is 4.81. The Hall–Kier alpha value is -3.22. The van der Waals surface area contributed by atoms with Gasteiger partial charge in [-0.3, -0.25) is 4.79 Å². The molecule has 0 aromatic heterocycles. The summed E-state index contributed by atoms with van der Waals surface area (Å²) in [4.78, 5) is 30.7. The number of nitrogens with zero attached hydrogens (tertiary/aromatic N) is 3. The van der Waals surface area contributed by atoms with Gasteiger partial charge in [0.15, 0.2) is 0 Å². The first kappa shape index (κ1) is 18.2. The van der Waals surface area contributed by atoms with Crippen LogP contribution < -0.4 is 15.5 Å². The number of amides is 3. The number of anilines is 2. The van der Waals surface area contributed by atoms with Crippen LogP contribution in [0.5, 0.6) is 0 Å². The van der Waals surface area contributed by atoms with Gasteiger partial charge in [-0.15, -0.1) is 0 Å². The molecule has 2 aromatic rings. The molecule has 0 radical (unpaired) electrons. The summed E-state index contributed by atoms with van der Waals surface area (Å²) < 4.78 is 0. The van der Waals surface area contributed by atoms with Gasteiger partial charge in [-0.05, 0) is 29.8 Å². The van der Waals surface area contributed by atoms with E-state index in [0.717, 1.165) is 16.9 Å². The summed E-state index contributed by atoms with van der Waals surface area (Å²) >= 11 is 0. The van der Waals surface area contributed by atoms with E-state index in [1.165, 1.54) is 0 Å². The van der Waals surface area contributed by atoms with E-state index < -0.39 is 0 Å². The summed E-state index contributed by atoms with van der Waals surface area (Å²) in [6.45, 7) is 2.30. The monoisotopic (exact) mass is 379 g/mol. The Balaban J connectivity index is 1.62. The number of fused-ring (bicyclic) bond motifs is 1. The smallest absolute Gasteiger partial charge is 0.317 e. The predicted molar refractivity (Wildman–Crippen MR) is 110 cm³/mol. The number of carbonyl (C=O) groups excluding carboxylic acids is 2. The van der Waals surface area contributed by atoms with E-state index in [4.69, 9.17) is 0 Å². The van der Waals surface area contributed by atoms with Crippen molar-refractivity contribution in [2.45, 2.75) is 6.17 Å². The SMILES string of the molecule is CN(C)c1ccc([C@H]2Nc3ccccc3C(=O)N2CCN2CCNC2=O)cc1. The Morgan fingerprint density at radius 2 is 1.79 bits per heavy atom. The molecule has 7 heteroatoms. The van der Waals surface area contributed by atoms with Gasteiger partial charge in [0.05, 0.1) is 5.56 Å². The van der Waals surface area contributed by atoms with Crippen LogP contribution in [0.15, 0.2) is 48.5 Å². The van der Waals surface area contributed by atoms with Crippen molar-refractivity contribution in [2.24, 2.45) is 0 Å². The fraction of sp³-hybridized carbons (Fsp3) is 0.333. The second kappa shape index (κ2) is 7.42. The van der Waals surface area contributed by atoms with Gasteiger partial charge >= 0.3 is 6.03 Å². The summed E-state index contributed by atoms with van der Waals surface area (Å²) in [5.74, 6) is -0.0179. The third-order valence-electron chi connectivity index (χ3n) is 5.30. The van der Waals surface area contributed by atoms with Gasteiger partial charge in [0.1, 0.15) is 6.17 Å². The van der Waals surface area contributed by atoms with E-state index in [2.05, 4.69) is 10.6 Å². The van der Waals surface area contributed by atoms with E-state index in [1.54, 1.807) is 4.90 Å². The molecule has 2 aromatic carbocycles. The number of nitrogens with one attached hydrogen (secondary N) is 2. The number of carbonyl (C=O) groups is 2. The van der Waals surface area contributed by atoms with Gasteiger partial charge in [-0.2, -0.15) is 0 Å². The maximum Gasteiger partial charge on any atom is 0.317 e. The highest BCUT2D eigenvalue weighted by molar-refractivity contribution is 6.01. The van der Waals surface area contributed by atoms with Crippen molar-refractivity contribution < 1.29 is 9.59 Å². The third kappa shape index (κ3) is 3.35. The highest BCUT2D eigenvalue weighted by Crippen LogP contribution is 2.33. The molecule has 3 amide bonds. The second-order valence-electron chi connectivity index (χ2n) is 7.30. The molecule has 2 N–H and O–H groups in total. The molecule has 0 saturated carbocycles. The number of hydrogen-bond donors (Lipinski definition) is 2. The molecule has 0 bridgehead atoms. The molecule has 1 saturated heterocycles. The summed E-state index contributed by atoms with van der Waals surface area (Å²) in [5, 5.41) is 6.31. The van der Waals surface area contributed by atoms with Gasteiger partial charge in [-0.1, -0.05) is 24.3 Å². The second-order valence-corrected chi connectivity index (χ2v) is 7.30. The molecule has 2 aliphatic rings. The molecule has 2 aliphatic heterocycles. The molecule has 146 valence electrons. The summed E-state index contributed by atoms with van der Waals surface area (Å²) in [6, 6.07) is 15.7. The normalized spacial score (nSPS) is 18.6. The molecule has 0 unspecified atom stereocenters. The average Bonchev–Trinajstić information content (AvgIpc) is 3.12. The lowest BCUT2D eigenvalue weighted by molar-refractivity contribution is 0.0668. The topological polar surface area (TPSA) is 67.9 Å². The fourth-order valence-corrected chi connectivity index (χ4v) is 3.69. The van der Waals surface area contributed by atoms with Crippen LogP contribution >= 0.6 is 0 Å². The molecule has 28 heavy (non-hydrogen) atoms. The summed E-state index contributed by atoms with van der Waals surface area (Å²) in [5.41, 5.74) is 3.62. The minimum absolute atomic E-state index is 0.0179. The molecule has 0 aliphatic carbocycles. The van der Waals surface area contributed by atoms with E-state index in [1.807, 2.05) is 72.4 Å². The number of rotatable bonds is 5. The van der Waals surface area contributed by atoms with Crippen molar-refractivity contribution in [3.05, 3.63) is 59.7 Å². The highest BCUT2D eigenvalue weighted by atomic mass is 16.2. The van der Waals surface area contributed by atoms with Crippen LogP contribution in [0.1, 0.15) is 22.1 Å². The zero-order valence-corrected chi connectivity index (χ0v) is 16.2. The minimum atomic E-state index is -0.274. The Morgan fingerprint density at radius 3 is 2.46 bits per heavy atom. The predicted octanol–water partition coefficient (Wildman–Crippen LogP) is 2.34.